The van der Waals surface area contributed by atoms with Crippen molar-refractivity contribution in [2.24, 2.45) is 0 Å². The number of halogens is 3. The predicted molar refractivity (Wildman–Crippen MR) is 74.7 cm³/mol. The van der Waals surface area contributed by atoms with E-state index in [0.717, 1.165) is 12.1 Å². The van der Waals surface area contributed by atoms with Crippen LogP contribution in [0.5, 0.6) is 5.75 Å². The normalized spacial score (nSPS) is 9.75. The van der Waals surface area contributed by atoms with Gasteiger partial charge in [0.15, 0.2) is 11.6 Å². The lowest BCUT2D eigenvalue weighted by molar-refractivity contribution is 0.304. The number of hydrogen-bond acceptors (Lipinski definition) is 1. The van der Waals surface area contributed by atoms with Crippen LogP contribution in [0, 0.1) is 23.5 Å². The Morgan fingerprint density at radius 1 is 1.05 bits per heavy atom. The van der Waals surface area contributed by atoms with Gasteiger partial charge >= 0.3 is 0 Å². The molecule has 0 heterocycles. The molecule has 0 spiro atoms. The molecule has 0 unspecified atom stereocenters. The molecule has 0 fully saturated rings. The average molecular weight is 293 g/mol. The quantitative estimate of drug-likeness (QED) is 0.610. The van der Waals surface area contributed by atoms with Crippen LogP contribution in [0.3, 0.4) is 0 Å². The molecule has 0 atom stereocenters. The van der Waals surface area contributed by atoms with Crippen LogP contribution in [0.4, 0.5) is 8.78 Å². The molecule has 2 rings (SSSR count). The maximum absolute atomic E-state index is 13.1. The van der Waals surface area contributed by atoms with Crippen LogP contribution >= 0.6 is 11.6 Å². The molecule has 0 N–H and O–H groups in total. The fraction of sp³-hybridized carbons (Fsp3) is 0.125. The largest absolute Gasteiger partial charge is 0.488 e. The van der Waals surface area contributed by atoms with Crippen LogP contribution in [0.25, 0.3) is 0 Å². The van der Waals surface area contributed by atoms with Crippen LogP contribution < -0.4 is 4.74 Å². The summed E-state index contributed by atoms with van der Waals surface area (Å²) in [6.07, 6.45) is 0. The molecule has 4 heteroatoms. The third kappa shape index (κ3) is 3.72. The van der Waals surface area contributed by atoms with Crippen molar-refractivity contribution in [3.63, 3.8) is 0 Å². The Morgan fingerprint density at radius 3 is 2.60 bits per heavy atom. The van der Waals surface area contributed by atoms with Crippen molar-refractivity contribution in [2.45, 2.75) is 6.61 Å². The molecule has 0 aliphatic rings. The monoisotopic (exact) mass is 292 g/mol. The van der Waals surface area contributed by atoms with Crippen molar-refractivity contribution in [2.75, 3.05) is 5.88 Å². The first-order chi connectivity index (χ1) is 9.70. The highest BCUT2D eigenvalue weighted by Gasteiger charge is 2.04. The molecule has 20 heavy (non-hydrogen) atoms. The number of rotatable bonds is 3. The van der Waals surface area contributed by atoms with Gasteiger partial charge < -0.3 is 4.74 Å². The first-order valence-electron chi connectivity index (χ1n) is 5.91. The van der Waals surface area contributed by atoms with Crippen LogP contribution in [0.2, 0.25) is 0 Å². The van der Waals surface area contributed by atoms with E-state index in [4.69, 9.17) is 16.3 Å². The molecule has 0 aliphatic carbocycles. The van der Waals surface area contributed by atoms with E-state index in [1.807, 2.05) is 12.1 Å². The van der Waals surface area contributed by atoms with Crippen LogP contribution in [-0.2, 0) is 6.61 Å². The number of alkyl halides is 1. The molecule has 0 saturated heterocycles. The van der Waals surface area contributed by atoms with Crippen molar-refractivity contribution in [3.8, 4) is 17.6 Å². The van der Waals surface area contributed by atoms with Gasteiger partial charge in [-0.3, -0.25) is 0 Å². The fourth-order valence-electron chi connectivity index (χ4n) is 1.61. The van der Waals surface area contributed by atoms with E-state index >= 15 is 0 Å². The van der Waals surface area contributed by atoms with Crippen molar-refractivity contribution >= 4 is 11.6 Å². The minimum absolute atomic E-state index is 0.136. The third-order valence-corrected chi connectivity index (χ3v) is 2.69. The van der Waals surface area contributed by atoms with E-state index in [2.05, 4.69) is 11.8 Å². The van der Waals surface area contributed by atoms with E-state index in [-0.39, 0.29) is 12.5 Å². The van der Waals surface area contributed by atoms with Gasteiger partial charge in [0, 0.05) is 0 Å². The molecule has 0 radical (unpaired) electrons. The minimum atomic E-state index is -0.888. The maximum Gasteiger partial charge on any atom is 0.159 e. The number of ether oxygens (including phenoxy) is 1. The molecule has 0 bridgehead atoms. The summed E-state index contributed by atoms with van der Waals surface area (Å²) in [6, 6.07) is 10.9. The number of hydrogen-bond donors (Lipinski definition) is 0. The maximum atomic E-state index is 13.1. The van der Waals surface area contributed by atoms with Gasteiger partial charge in [-0.05, 0) is 29.8 Å². The summed E-state index contributed by atoms with van der Waals surface area (Å²) in [4.78, 5) is 0. The van der Waals surface area contributed by atoms with Gasteiger partial charge in [0.1, 0.15) is 12.4 Å². The SMILES string of the molecule is Fc1ccc(COc2ccccc2C#CCCl)cc1F. The van der Waals surface area contributed by atoms with Gasteiger partial charge in [-0.2, -0.15) is 0 Å². The summed E-state index contributed by atoms with van der Waals surface area (Å²) in [6.45, 7) is 0.136. The van der Waals surface area contributed by atoms with E-state index in [1.165, 1.54) is 6.07 Å². The Labute approximate surface area is 121 Å². The lowest BCUT2D eigenvalue weighted by Crippen LogP contribution is -1.98. The van der Waals surface area contributed by atoms with Crippen LogP contribution in [-0.4, -0.2) is 5.88 Å². The average Bonchev–Trinajstić information content (AvgIpc) is 2.47. The van der Waals surface area contributed by atoms with Crippen molar-refractivity contribution in [3.05, 3.63) is 65.2 Å². The summed E-state index contributed by atoms with van der Waals surface area (Å²) in [5.74, 6) is 4.68. The highest BCUT2D eigenvalue weighted by Crippen LogP contribution is 2.19. The first kappa shape index (κ1) is 14.4. The van der Waals surface area contributed by atoms with Crippen molar-refractivity contribution in [1.82, 2.24) is 0 Å². The van der Waals surface area contributed by atoms with Gasteiger partial charge in [0.2, 0.25) is 0 Å². The molecule has 0 saturated carbocycles. The van der Waals surface area contributed by atoms with Gasteiger partial charge in [-0.1, -0.05) is 30.0 Å². The second kappa shape index (κ2) is 6.93. The number of para-hydroxylation sites is 1. The summed E-state index contributed by atoms with van der Waals surface area (Å²) in [5, 5.41) is 0. The van der Waals surface area contributed by atoms with Crippen molar-refractivity contribution in [1.29, 1.82) is 0 Å². The smallest absolute Gasteiger partial charge is 0.159 e. The zero-order chi connectivity index (χ0) is 14.4. The molecule has 0 aromatic heterocycles. The molecule has 2 aromatic rings. The highest BCUT2D eigenvalue weighted by molar-refractivity contribution is 6.19. The van der Waals surface area contributed by atoms with E-state index in [1.54, 1.807) is 12.1 Å². The molecule has 0 amide bonds. The van der Waals surface area contributed by atoms with Gasteiger partial charge in [-0.25, -0.2) is 8.78 Å². The molecule has 102 valence electrons. The Bertz CT molecular complexity index is 659. The standard InChI is InChI=1S/C16H11ClF2O/c17-9-3-5-13-4-1-2-6-16(13)20-11-12-7-8-14(18)15(19)10-12/h1-2,4,6-8,10H,9,11H2. The summed E-state index contributed by atoms with van der Waals surface area (Å²) in [5.41, 5.74) is 1.25. The van der Waals surface area contributed by atoms with E-state index < -0.39 is 11.6 Å². The molecule has 1 nitrogen and oxygen atoms in total. The zero-order valence-electron chi connectivity index (χ0n) is 10.5. The minimum Gasteiger partial charge on any atom is -0.488 e. The summed E-state index contributed by atoms with van der Waals surface area (Å²) in [7, 11) is 0. The second-order valence-electron chi connectivity index (χ2n) is 3.97. The van der Waals surface area contributed by atoms with E-state index in [9.17, 15) is 8.78 Å². The van der Waals surface area contributed by atoms with Gasteiger partial charge in [0.05, 0.1) is 11.4 Å². The van der Waals surface area contributed by atoms with Gasteiger partial charge in [0.25, 0.3) is 0 Å². The van der Waals surface area contributed by atoms with Crippen LogP contribution in [0.1, 0.15) is 11.1 Å². The molecule has 0 aliphatic heterocycles. The van der Waals surface area contributed by atoms with E-state index in [0.29, 0.717) is 16.9 Å². The van der Waals surface area contributed by atoms with Crippen LogP contribution in [0.15, 0.2) is 42.5 Å². The molecular formula is C16H11ClF2O. The van der Waals surface area contributed by atoms with Crippen molar-refractivity contribution < 1.29 is 13.5 Å². The molecule has 2 aromatic carbocycles. The Balaban J connectivity index is 2.12. The lowest BCUT2D eigenvalue weighted by atomic mass is 10.2. The zero-order valence-corrected chi connectivity index (χ0v) is 11.3. The predicted octanol–water partition coefficient (Wildman–Crippen LogP) is 4.13. The Kier molecular flexibility index (Phi) is 4.97. The Morgan fingerprint density at radius 2 is 1.85 bits per heavy atom. The first-order valence-corrected chi connectivity index (χ1v) is 6.45. The topological polar surface area (TPSA) is 9.23 Å². The summed E-state index contributed by atoms with van der Waals surface area (Å²) >= 11 is 5.52. The summed E-state index contributed by atoms with van der Waals surface area (Å²) < 4.78 is 31.5. The fourth-order valence-corrected chi connectivity index (χ4v) is 1.68. The lowest BCUT2D eigenvalue weighted by Gasteiger charge is -2.08. The third-order valence-electron chi connectivity index (χ3n) is 2.56. The van der Waals surface area contributed by atoms with Gasteiger partial charge in [-0.15, -0.1) is 11.6 Å². The highest BCUT2D eigenvalue weighted by atomic mass is 35.5. The second-order valence-corrected chi connectivity index (χ2v) is 4.24. The number of benzene rings is 2. The Hall–Kier alpha value is -2.05. The molecular weight excluding hydrogens is 282 g/mol.